The molecule has 0 amide bonds. The second kappa shape index (κ2) is 7.14. The topological polar surface area (TPSA) is 114 Å². The van der Waals surface area contributed by atoms with Crippen molar-refractivity contribution in [1.82, 2.24) is 0 Å². The van der Waals surface area contributed by atoms with Crippen LogP contribution in [0.4, 0.5) is 0 Å². The number of nitriles is 3. The molecule has 0 aromatic rings. The van der Waals surface area contributed by atoms with Crippen molar-refractivity contribution >= 4 is 5.90 Å². The van der Waals surface area contributed by atoms with Crippen molar-refractivity contribution in [2.45, 2.75) is 83.5 Å². The van der Waals surface area contributed by atoms with Crippen LogP contribution in [0.15, 0.2) is 0 Å². The average molecular weight is 368 g/mol. The maximum atomic E-state index is 10.3. The molecule has 2 saturated heterocycles. The first kappa shape index (κ1) is 19.7. The van der Waals surface area contributed by atoms with Gasteiger partial charge in [0.05, 0.1) is 30.2 Å². The smallest absolute Gasteiger partial charge is 0.217 e. The fourth-order valence-electron chi connectivity index (χ4n) is 5.55. The molecule has 0 aromatic heterocycles. The largest absolute Gasteiger partial charge is 0.447 e. The SMILES string of the molecule is CCCCC(CC)C1OC23CCCCCC2C(C#N)(C(=N)O3)C1(C#N)C#N. The predicted octanol–water partition coefficient (Wildman–Crippen LogP) is 4.43. The molecule has 2 bridgehead atoms. The molecule has 6 nitrogen and oxygen atoms in total. The minimum Gasteiger partial charge on any atom is -0.447 e. The molecular formula is C21H28N4O2. The molecule has 3 aliphatic rings. The van der Waals surface area contributed by atoms with Crippen LogP contribution in [0.2, 0.25) is 0 Å². The lowest BCUT2D eigenvalue weighted by molar-refractivity contribution is -0.293. The zero-order valence-electron chi connectivity index (χ0n) is 16.3. The standard InChI is InChI=1S/C21H28N4O2/c1-3-5-9-15(4-2)17-19(12-22,13-23)20(14-24)16-10-7-6-8-11-21(16,26-17)27-18(20)25/h15-17,25H,3-11H2,1-2H3. The third-order valence-electron chi connectivity index (χ3n) is 6.99. The van der Waals surface area contributed by atoms with Crippen molar-refractivity contribution in [2.75, 3.05) is 0 Å². The number of nitrogens with zero attached hydrogens (tertiary/aromatic N) is 3. The lowest BCUT2D eigenvalue weighted by Gasteiger charge is -2.51. The second-order valence-electron chi connectivity index (χ2n) is 8.20. The highest BCUT2D eigenvalue weighted by Gasteiger charge is 2.80. The van der Waals surface area contributed by atoms with Crippen LogP contribution in [0.5, 0.6) is 0 Å². The van der Waals surface area contributed by atoms with Crippen LogP contribution < -0.4 is 0 Å². The summed E-state index contributed by atoms with van der Waals surface area (Å²) in [6, 6.07) is 6.62. The summed E-state index contributed by atoms with van der Waals surface area (Å²) >= 11 is 0. The van der Waals surface area contributed by atoms with Gasteiger partial charge in [-0.25, -0.2) is 0 Å². The third-order valence-corrected chi connectivity index (χ3v) is 6.99. The Morgan fingerprint density at radius 1 is 1.15 bits per heavy atom. The van der Waals surface area contributed by atoms with Gasteiger partial charge >= 0.3 is 0 Å². The minimum absolute atomic E-state index is 0.0208. The van der Waals surface area contributed by atoms with Gasteiger partial charge in [0.25, 0.3) is 0 Å². The summed E-state index contributed by atoms with van der Waals surface area (Å²) in [6.07, 6.45) is 6.89. The first-order chi connectivity index (χ1) is 13.0. The fourth-order valence-corrected chi connectivity index (χ4v) is 5.55. The molecule has 3 rings (SSSR count). The van der Waals surface area contributed by atoms with Gasteiger partial charge in [0.15, 0.2) is 10.8 Å². The molecule has 0 spiro atoms. The third kappa shape index (κ3) is 2.41. The van der Waals surface area contributed by atoms with E-state index in [1.807, 2.05) is 6.92 Å². The van der Waals surface area contributed by atoms with Gasteiger partial charge in [0.2, 0.25) is 11.7 Å². The van der Waals surface area contributed by atoms with Gasteiger partial charge in [0.1, 0.15) is 0 Å². The van der Waals surface area contributed by atoms with E-state index in [9.17, 15) is 15.8 Å². The van der Waals surface area contributed by atoms with E-state index in [1.54, 1.807) is 0 Å². The number of unbranched alkanes of at least 4 members (excludes halogenated alkanes) is 1. The normalized spacial score (nSPS) is 37.7. The van der Waals surface area contributed by atoms with Crippen molar-refractivity contribution in [3.05, 3.63) is 0 Å². The van der Waals surface area contributed by atoms with Gasteiger partial charge in [-0.1, -0.05) is 46.0 Å². The number of rotatable bonds is 5. The van der Waals surface area contributed by atoms with Crippen LogP contribution in [-0.2, 0) is 9.47 Å². The van der Waals surface area contributed by atoms with Crippen LogP contribution in [0.1, 0.15) is 71.6 Å². The summed E-state index contributed by atoms with van der Waals surface area (Å²) in [4.78, 5) is 0. The molecule has 5 atom stereocenters. The van der Waals surface area contributed by atoms with Crippen molar-refractivity contribution in [2.24, 2.45) is 22.7 Å². The lowest BCUT2D eigenvalue weighted by atomic mass is 9.51. The van der Waals surface area contributed by atoms with E-state index in [0.717, 1.165) is 44.9 Å². The first-order valence-corrected chi connectivity index (χ1v) is 10.2. The van der Waals surface area contributed by atoms with E-state index >= 15 is 0 Å². The molecule has 27 heavy (non-hydrogen) atoms. The highest BCUT2D eigenvalue weighted by atomic mass is 16.7. The molecule has 1 N–H and O–H groups in total. The monoisotopic (exact) mass is 368 g/mol. The summed E-state index contributed by atoms with van der Waals surface area (Å²) in [5.41, 5.74) is -3.27. The molecule has 2 heterocycles. The maximum Gasteiger partial charge on any atom is 0.217 e. The van der Waals surface area contributed by atoms with Gasteiger partial charge in [0, 0.05) is 6.42 Å². The lowest BCUT2D eigenvalue weighted by Crippen LogP contribution is -2.64. The second-order valence-corrected chi connectivity index (χ2v) is 8.20. The van der Waals surface area contributed by atoms with E-state index in [-0.39, 0.29) is 11.8 Å². The summed E-state index contributed by atoms with van der Waals surface area (Å²) in [6.45, 7) is 4.14. The molecular weight excluding hydrogens is 340 g/mol. The van der Waals surface area contributed by atoms with Gasteiger partial charge in [-0.3, -0.25) is 5.41 Å². The quantitative estimate of drug-likeness (QED) is 0.771. The Balaban J connectivity index is 2.20. The van der Waals surface area contributed by atoms with Crippen molar-refractivity contribution < 1.29 is 9.47 Å². The van der Waals surface area contributed by atoms with Crippen LogP contribution in [-0.4, -0.2) is 17.8 Å². The Bertz CT molecular complexity index is 716. The zero-order valence-corrected chi connectivity index (χ0v) is 16.3. The molecule has 6 heteroatoms. The van der Waals surface area contributed by atoms with Gasteiger partial charge < -0.3 is 9.47 Å². The Morgan fingerprint density at radius 2 is 1.89 bits per heavy atom. The number of hydrogen-bond acceptors (Lipinski definition) is 6. The first-order valence-electron chi connectivity index (χ1n) is 10.2. The highest BCUT2D eigenvalue weighted by Crippen LogP contribution is 2.66. The molecule has 1 aliphatic carbocycles. The molecule has 2 aliphatic heterocycles. The van der Waals surface area contributed by atoms with Gasteiger partial charge in [-0.05, 0) is 25.2 Å². The Hall–Kier alpha value is -2.10. The van der Waals surface area contributed by atoms with E-state index in [4.69, 9.17) is 14.9 Å². The molecule has 0 aromatic carbocycles. The van der Waals surface area contributed by atoms with E-state index in [1.165, 1.54) is 0 Å². The predicted molar refractivity (Wildman–Crippen MR) is 98.0 cm³/mol. The number of ether oxygens (including phenoxy) is 2. The summed E-state index contributed by atoms with van der Waals surface area (Å²) < 4.78 is 12.5. The number of hydrogen-bond donors (Lipinski definition) is 1. The van der Waals surface area contributed by atoms with Crippen LogP contribution in [0, 0.1) is 62.1 Å². The zero-order chi connectivity index (χ0) is 19.7. The highest BCUT2D eigenvalue weighted by molar-refractivity contribution is 5.89. The Kier molecular flexibility index (Phi) is 5.20. The average Bonchev–Trinajstić information content (AvgIpc) is 2.81. The molecule has 144 valence electrons. The summed E-state index contributed by atoms with van der Waals surface area (Å²) in [7, 11) is 0. The van der Waals surface area contributed by atoms with E-state index in [2.05, 4.69) is 25.1 Å². The maximum absolute atomic E-state index is 10.3. The molecule has 0 radical (unpaired) electrons. The van der Waals surface area contributed by atoms with Crippen molar-refractivity contribution in [1.29, 1.82) is 21.2 Å². The fraction of sp³-hybridized carbons (Fsp3) is 0.810. The molecule has 3 fully saturated rings. The van der Waals surface area contributed by atoms with Gasteiger partial charge in [-0.2, -0.15) is 15.8 Å². The number of nitrogens with one attached hydrogen (secondary N) is 1. The minimum atomic E-state index is -1.72. The van der Waals surface area contributed by atoms with E-state index < -0.39 is 28.6 Å². The van der Waals surface area contributed by atoms with Gasteiger partial charge in [-0.15, -0.1) is 0 Å². The Labute approximate surface area is 161 Å². The van der Waals surface area contributed by atoms with Crippen molar-refractivity contribution in [3.63, 3.8) is 0 Å². The summed E-state index contributed by atoms with van der Waals surface area (Å²) in [5, 5.41) is 39.3. The van der Waals surface area contributed by atoms with Crippen LogP contribution in [0.3, 0.4) is 0 Å². The van der Waals surface area contributed by atoms with Crippen molar-refractivity contribution in [3.8, 4) is 18.2 Å². The summed E-state index contributed by atoms with van der Waals surface area (Å²) in [5.74, 6) is -1.74. The van der Waals surface area contributed by atoms with Crippen LogP contribution in [0.25, 0.3) is 0 Å². The van der Waals surface area contributed by atoms with Crippen LogP contribution >= 0.6 is 0 Å². The molecule has 5 unspecified atom stereocenters. The van der Waals surface area contributed by atoms with E-state index in [0.29, 0.717) is 12.8 Å². The molecule has 1 saturated carbocycles. The Morgan fingerprint density at radius 3 is 2.48 bits per heavy atom.